The quantitative estimate of drug-likeness (QED) is 0.577. The van der Waals surface area contributed by atoms with Crippen molar-refractivity contribution < 1.29 is 14.5 Å². The minimum absolute atomic E-state index is 0. The third-order valence-electron chi connectivity index (χ3n) is 3.94. The lowest BCUT2D eigenvalue weighted by atomic mass is 9.94. The van der Waals surface area contributed by atoms with Crippen LogP contribution in [0.25, 0.3) is 0 Å². The van der Waals surface area contributed by atoms with Gasteiger partial charge in [-0.2, -0.15) is 5.10 Å². The van der Waals surface area contributed by atoms with Crippen LogP contribution in [0.2, 0.25) is 0 Å². The average molecular weight is 360 g/mol. The van der Waals surface area contributed by atoms with E-state index in [0.29, 0.717) is 31.0 Å². The van der Waals surface area contributed by atoms with Crippen LogP contribution in [0.3, 0.4) is 0 Å². The number of nitrogens with zero attached hydrogens (tertiary/aromatic N) is 3. The summed E-state index contributed by atoms with van der Waals surface area (Å²) in [5, 5.41) is 20.8. The number of nitro groups is 1. The number of Topliss-reactive ketones (excluding diaryl/α,β-unsaturated/α-hetero) is 2. The molecule has 0 saturated carbocycles. The standard InChI is InChI=1S/C9H12N4O3.C5H9NO.ClH/c1-12-9(7(5-11-12)13(15)16)6-4-10-3-2-8(6)14;7-5-1-3-6-4-2-5;/h5-6,10H,2-4H2,1H3;6H,1-4H2;1H. The minimum Gasteiger partial charge on any atom is -0.316 e. The van der Waals surface area contributed by atoms with E-state index in [2.05, 4.69) is 15.7 Å². The highest BCUT2D eigenvalue weighted by Crippen LogP contribution is 2.28. The fourth-order valence-electron chi connectivity index (χ4n) is 2.68. The van der Waals surface area contributed by atoms with Crippen molar-refractivity contribution in [3.05, 3.63) is 22.0 Å². The Hall–Kier alpha value is -1.84. The zero-order valence-corrected chi connectivity index (χ0v) is 14.3. The molecule has 2 aliphatic heterocycles. The van der Waals surface area contributed by atoms with E-state index in [9.17, 15) is 19.7 Å². The summed E-state index contributed by atoms with van der Waals surface area (Å²) < 4.78 is 1.41. The molecule has 2 fully saturated rings. The van der Waals surface area contributed by atoms with E-state index in [1.165, 1.54) is 10.9 Å². The molecule has 2 saturated heterocycles. The number of aromatic nitrogens is 2. The van der Waals surface area contributed by atoms with Crippen LogP contribution < -0.4 is 10.6 Å². The molecule has 3 heterocycles. The summed E-state index contributed by atoms with van der Waals surface area (Å²) in [4.78, 5) is 32.4. The Morgan fingerprint density at radius 2 is 1.83 bits per heavy atom. The van der Waals surface area contributed by atoms with Crippen LogP contribution in [-0.4, -0.2) is 52.4 Å². The van der Waals surface area contributed by atoms with E-state index in [4.69, 9.17) is 0 Å². The second kappa shape index (κ2) is 9.45. The normalized spacial score (nSPS) is 20.6. The molecule has 0 spiro atoms. The molecular formula is C14H22ClN5O4. The van der Waals surface area contributed by atoms with Gasteiger partial charge in [-0.25, -0.2) is 0 Å². The number of carbonyl (C=O) groups excluding carboxylic acids is 2. The van der Waals surface area contributed by atoms with Crippen LogP contribution in [0, 0.1) is 10.1 Å². The first-order valence-electron chi connectivity index (χ1n) is 7.63. The molecule has 2 N–H and O–H groups in total. The van der Waals surface area contributed by atoms with Crippen molar-refractivity contribution in [3.8, 4) is 0 Å². The topological polar surface area (TPSA) is 119 Å². The molecule has 9 nitrogen and oxygen atoms in total. The molecule has 0 aliphatic carbocycles. The second-order valence-corrected chi connectivity index (χ2v) is 5.56. The van der Waals surface area contributed by atoms with Crippen molar-refractivity contribution in [2.75, 3.05) is 26.2 Å². The molecule has 0 aromatic carbocycles. The summed E-state index contributed by atoms with van der Waals surface area (Å²) in [6, 6.07) is 0. The predicted octanol–water partition coefficient (Wildman–Crippen LogP) is 0.335. The van der Waals surface area contributed by atoms with Gasteiger partial charge in [0, 0.05) is 52.5 Å². The molecule has 24 heavy (non-hydrogen) atoms. The van der Waals surface area contributed by atoms with E-state index in [1.54, 1.807) is 7.05 Å². The predicted molar refractivity (Wildman–Crippen MR) is 89.5 cm³/mol. The molecular weight excluding hydrogens is 338 g/mol. The summed E-state index contributed by atoms with van der Waals surface area (Å²) in [5.74, 6) is -0.0224. The van der Waals surface area contributed by atoms with Crippen LogP contribution in [0.5, 0.6) is 0 Å². The minimum atomic E-state index is -0.496. The van der Waals surface area contributed by atoms with Crippen molar-refractivity contribution in [1.29, 1.82) is 0 Å². The first kappa shape index (κ1) is 20.2. The average Bonchev–Trinajstić information content (AvgIpc) is 2.91. The van der Waals surface area contributed by atoms with Crippen molar-refractivity contribution in [1.82, 2.24) is 20.4 Å². The number of halogens is 1. The van der Waals surface area contributed by atoms with Gasteiger partial charge in [-0.3, -0.25) is 24.4 Å². The Kier molecular flexibility index (Phi) is 7.96. The Bertz CT molecular complexity index is 596. The molecule has 134 valence electrons. The highest BCUT2D eigenvalue weighted by molar-refractivity contribution is 5.87. The monoisotopic (exact) mass is 359 g/mol. The maximum absolute atomic E-state index is 11.7. The molecule has 3 rings (SSSR count). The first-order valence-corrected chi connectivity index (χ1v) is 7.63. The van der Waals surface area contributed by atoms with Gasteiger partial charge >= 0.3 is 5.69 Å². The number of nitrogens with one attached hydrogen (secondary N) is 2. The maximum atomic E-state index is 11.7. The fourth-order valence-corrected chi connectivity index (χ4v) is 2.68. The summed E-state index contributed by atoms with van der Waals surface area (Å²) in [6.45, 7) is 2.86. The maximum Gasteiger partial charge on any atom is 0.310 e. The van der Waals surface area contributed by atoms with Gasteiger partial charge in [0.2, 0.25) is 0 Å². The zero-order chi connectivity index (χ0) is 16.8. The van der Waals surface area contributed by atoms with E-state index in [0.717, 1.165) is 25.9 Å². The molecule has 1 aromatic heterocycles. The molecule has 10 heteroatoms. The number of aryl methyl sites for hydroxylation is 1. The van der Waals surface area contributed by atoms with Crippen LogP contribution in [0.15, 0.2) is 6.20 Å². The lowest BCUT2D eigenvalue weighted by Gasteiger charge is -2.21. The lowest BCUT2D eigenvalue weighted by Crippen LogP contribution is -2.36. The van der Waals surface area contributed by atoms with Gasteiger partial charge in [-0.05, 0) is 0 Å². The van der Waals surface area contributed by atoms with E-state index < -0.39 is 10.8 Å². The Balaban J connectivity index is 0.000000304. The molecule has 0 radical (unpaired) electrons. The van der Waals surface area contributed by atoms with Crippen LogP contribution in [0.4, 0.5) is 5.69 Å². The SMILES string of the molecule is Cl.Cn1ncc([N+](=O)[O-])c1C1CNCCC1=O.O=C1CCNCC1. The molecule has 0 amide bonds. The van der Waals surface area contributed by atoms with Crippen LogP contribution in [-0.2, 0) is 16.6 Å². The van der Waals surface area contributed by atoms with Gasteiger partial charge in [0.15, 0.2) is 0 Å². The third-order valence-corrected chi connectivity index (χ3v) is 3.94. The molecule has 2 aliphatic rings. The van der Waals surface area contributed by atoms with Crippen LogP contribution >= 0.6 is 12.4 Å². The highest BCUT2D eigenvalue weighted by Gasteiger charge is 2.33. The second-order valence-electron chi connectivity index (χ2n) is 5.56. The Morgan fingerprint density at radius 1 is 1.21 bits per heavy atom. The molecule has 1 atom stereocenters. The molecule has 1 unspecified atom stereocenters. The first-order chi connectivity index (χ1) is 11.0. The Labute approximate surface area is 145 Å². The van der Waals surface area contributed by atoms with Gasteiger partial charge in [0.1, 0.15) is 23.5 Å². The van der Waals surface area contributed by atoms with Gasteiger partial charge in [0.05, 0.1) is 10.8 Å². The number of hydrogen-bond donors (Lipinski definition) is 2. The van der Waals surface area contributed by atoms with Crippen molar-refractivity contribution >= 4 is 29.7 Å². The van der Waals surface area contributed by atoms with E-state index in [1.807, 2.05) is 0 Å². The van der Waals surface area contributed by atoms with Gasteiger partial charge in [0.25, 0.3) is 0 Å². The largest absolute Gasteiger partial charge is 0.316 e. The number of rotatable bonds is 2. The highest BCUT2D eigenvalue weighted by atomic mass is 35.5. The van der Waals surface area contributed by atoms with Gasteiger partial charge < -0.3 is 10.6 Å². The fraction of sp³-hybridized carbons (Fsp3) is 0.643. The Morgan fingerprint density at radius 3 is 2.33 bits per heavy atom. The smallest absolute Gasteiger partial charge is 0.310 e. The zero-order valence-electron chi connectivity index (χ0n) is 13.5. The summed E-state index contributed by atoms with van der Waals surface area (Å²) in [5.41, 5.74) is 0.312. The summed E-state index contributed by atoms with van der Waals surface area (Å²) in [6.07, 6.45) is 3.07. The summed E-state index contributed by atoms with van der Waals surface area (Å²) >= 11 is 0. The molecule has 1 aromatic rings. The van der Waals surface area contributed by atoms with Crippen molar-refractivity contribution in [2.45, 2.75) is 25.2 Å². The number of carbonyl (C=O) groups is 2. The van der Waals surface area contributed by atoms with Gasteiger partial charge in [-0.1, -0.05) is 0 Å². The number of hydrogen-bond acceptors (Lipinski definition) is 7. The van der Waals surface area contributed by atoms with E-state index >= 15 is 0 Å². The van der Waals surface area contributed by atoms with E-state index in [-0.39, 0.29) is 23.9 Å². The number of ketones is 2. The van der Waals surface area contributed by atoms with Crippen molar-refractivity contribution in [3.63, 3.8) is 0 Å². The van der Waals surface area contributed by atoms with Crippen molar-refractivity contribution in [2.24, 2.45) is 7.05 Å². The summed E-state index contributed by atoms with van der Waals surface area (Å²) in [7, 11) is 1.62. The van der Waals surface area contributed by atoms with Gasteiger partial charge in [-0.15, -0.1) is 12.4 Å². The molecule has 0 bridgehead atoms. The van der Waals surface area contributed by atoms with Crippen LogP contribution in [0.1, 0.15) is 30.9 Å². The lowest BCUT2D eigenvalue weighted by molar-refractivity contribution is -0.385. The third kappa shape index (κ3) is 5.08. The number of piperidine rings is 2.